The Morgan fingerprint density at radius 1 is 1.05 bits per heavy atom. The van der Waals surface area contributed by atoms with Crippen LogP contribution in [0, 0.1) is 6.92 Å². The summed E-state index contributed by atoms with van der Waals surface area (Å²) >= 11 is 0. The van der Waals surface area contributed by atoms with Gasteiger partial charge in [-0.3, -0.25) is 14.6 Å². The van der Waals surface area contributed by atoms with Crippen LogP contribution in [-0.2, 0) is 16.2 Å². The van der Waals surface area contributed by atoms with Crippen molar-refractivity contribution in [3.8, 4) is 5.75 Å². The summed E-state index contributed by atoms with van der Waals surface area (Å²) < 4.78 is 5.91. The van der Waals surface area contributed by atoms with Crippen LogP contribution in [0.4, 0.5) is 0 Å². The molecule has 2 aromatic carbocycles. The third kappa shape index (κ3) is 5.73. The molecule has 0 radical (unpaired) electrons. The summed E-state index contributed by atoms with van der Waals surface area (Å²) in [5.41, 5.74) is 3.04. The van der Waals surface area contributed by atoms with E-state index in [2.05, 4.69) is 23.7 Å². The fourth-order valence-corrected chi connectivity index (χ4v) is 4.66. The van der Waals surface area contributed by atoms with Crippen molar-refractivity contribution in [3.63, 3.8) is 0 Å². The average molecular weight is 500 g/mol. The number of carbonyl (C=O) groups is 2. The van der Waals surface area contributed by atoms with E-state index in [1.54, 1.807) is 35.5 Å². The van der Waals surface area contributed by atoms with Gasteiger partial charge in [0.2, 0.25) is 0 Å². The Kier molecular flexibility index (Phi) is 8.36. The molecule has 7 heteroatoms. The average Bonchev–Trinajstić information content (AvgIpc) is 3.18. The largest absolute Gasteiger partial charge is 0.507 e. The highest BCUT2D eigenvalue weighted by Crippen LogP contribution is 2.39. The Morgan fingerprint density at radius 2 is 1.81 bits per heavy atom. The topological polar surface area (TPSA) is 83.0 Å². The summed E-state index contributed by atoms with van der Waals surface area (Å²) in [7, 11) is 0. The number of aromatic nitrogens is 1. The molecule has 3 aromatic rings. The quantitative estimate of drug-likeness (QED) is 0.247. The first-order chi connectivity index (χ1) is 17.9. The van der Waals surface area contributed by atoms with E-state index in [1.807, 2.05) is 49.4 Å². The van der Waals surface area contributed by atoms with Gasteiger partial charge in [-0.25, -0.2) is 0 Å². The molecule has 1 aromatic heterocycles. The second kappa shape index (κ2) is 11.8. The lowest BCUT2D eigenvalue weighted by atomic mass is 9.94. The van der Waals surface area contributed by atoms with Crippen molar-refractivity contribution in [1.82, 2.24) is 14.8 Å². The van der Waals surface area contributed by atoms with Crippen LogP contribution in [0.5, 0.6) is 5.75 Å². The molecule has 1 amide bonds. The first-order valence-electron chi connectivity index (χ1n) is 12.6. The van der Waals surface area contributed by atoms with E-state index in [4.69, 9.17) is 4.74 Å². The van der Waals surface area contributed by atoms with Crippen molar-refractivity contribution in [1.29, 1.82) is 0 Å². The molecule has 1 atom stereocenters. The lowest BCUT2D eigenvalue weighted by Crippen LogP contribution is -2.38. The minimum absolute atomic E-state index is 0.0820. The number of ether oxygens (including phenoxy) is 1. The number of pyridine rings is 1. The summed E-state index contributed by atoms with van der Waals surface area (Å²) in [6.07, 6.45) is 3.28. The molecule has 1 fully saturated rings. The number of aliphatic hydroxyl groups excluding tert-OH is 1. The number of hydrogen-bond acceptors (Lipinski definition) is 6. The minimum Gasteiger partial charge on any atom is -0.507 e. The zero-order valence-corrected chi connectivity index (χ0v) is 21.6. The van der Waals surface area contributed by atoms with Crippen molar-refractivity contribution in [2.45, 2.75) is 33.4 Å². The Labute approximate surface area is 218 Å². The maximum absolute atomic E-state index is 13.3. The number of hydrogen-bond donors (Lipinski definition) is 1. The van der Waals surface area contributed by atoms with Crippen LogP contribution in [0.3, 0.4) is 0 Å². The molecule has 0 spiro atoms. The molecule has 1 aliphatic rings. The molecule has 0 bridgehead atoms. The maximum Gasteiger partial charge on any atom is 0.295 e. The molecule has 2 heterocycles. The van der Waals surface area contributed by atoms with Crippen molar-refractivity contribution >= 4 is 17.4 Å². The maximum atomic E-state index is 13.3. The number of likely N-dealkylation sites (tertiary alicyclic amines) is 1. The van der Waals surface area contributed by atoms with Gasteiger partial charge >= 0.3 is 0 Å². The van der Waals surface area contributed by atoms with Gasteiger partial charge in [0.1, 0.15) is 18.1 Å². The van der Waals surface area contributed by atoms with Crippen LogP contribution in [0.15, 0.2) is 78.6 Å². The van der Waals surface area contributed by atoms with Crippen LogP contribution in [0.25, 0.3) is 5.76 Å². The van der Waals surface area contributed by atoms with Gasteiger partial charge in [-0.1, -0.05) is 50.2 Å². The summed E-state index contributed by atoms with van der Waals surface area (Å²) in [5, 5.41) is 11.4. The van der Waals surface area contributed by atoms with Gasteiger partial charge in [0.15, 0.2) is 0 Å². The Bertz CT molecular complexity index is 1270. The molecule has 192 valence electrons. The van der Waals surface area contributed by atoms with Crippen LogP contribution < -0.4 is 4.74 Å². The first-order valence-corrected chi connectivity index (χ1v) is 12.6. The highest BCUT2D eigenvalue weighted by Gasteiger charge is 2.46. The van der Waals surface area contributed by atoms with Gasteiger partial charge in [0.25, 0.3) is 11.7 Å². The van der Waals surface area contributed by atoms with Crippen LogP contribution in [0.2, 0.25) is 0 Å². The molecule has 0 unspecified atom stereocenters. The fourth-order valence-electron chi connectivity index (χ4n) is 4.66. The van der Waals surface area contributed by atoms with Crippen LogP contribution >= 0.6 is 0 Å². The highest BCUT2D eigenvalue weighted by atomic mass is 16.5. The van der Waals surface area contributed by atoms with Gasteiger partial charge in [0.05, 0.1) is 11.6 Å². The van der Waals surface area contributed by atoms with Gasteiger partial charge in [0, 0.05) is 31.0 Å². The molecular formula is C30H33N3O4. The SMILES string of the molecule is CCN(CC)CCN1C(=O)C(=O)/C(=C(/O)c2ccc(OCc3ccccc3)cc2C)[C@@H]1c1cccnc1. The molecule has 4 rings (SSSR count). The van der Waals surface area contributed by atoms with E-state index in [0.717, 1.165) is 24.2 Å². The van der Waals surface area contributed by atoms with Crippen LogP contribution in [0.1, 0.15) is 42.1 Å². The second-order valence-electron chi connectivity index (χ2n) is 9.06. The number of ketones is 1. The number of aliphatic hydroxyl groups is 1. The highest BCUT2D eigenvalue weighted by molar-refractivity contribution is 6.46. The van der Waals surface area contributed by atoms with Gasteiger partial charge < -0.3 is 19.6 Å². The van der Waals surface area contributed by atoms with E-state index >= 15 is 0 Å². The van der Waals surface area contributed by atoms with E-state index in [-0.39, 0.29) is 11.3 Å². The van der Waals surface area contributed by atoms with Crippen molar-refractivity contribution in [3.05, 3.63) is 101 Å². The zero-order chi connectivity index (χ0) is 26.4. The molecule has 0 aliphatic carbocycles. The molecule has 1 aliphatic heterocycles. The summed E-state index contributed by atoms with van der Waals surface area (Å²) in [6, 6.07) is 18.1. The molecule has 37 heavy (non-hydrogen) atoms. The number of aryl methyl sites for hydroxylation is 1. The van der Waals surface area contributed by atoms with E-state index in [0.29, 0.717) is 36.6 Å². The minimum atomic E-state index is -0.710. The van der Waals surface area contributed by atoms with Crippen molar-refractivity contribution < 1.29 is 19.4 Å². The summed E-state index contributed by atoms with van der Waals surface area (Å²) in [6.45, 7) is 9.07. The number of amides is 1. The van der Waals surface area contributed by atoms with Gasteiger partial charge in [-0.05, 0) is 61.0 Å². The monoisotopic (exact) mass is 499 g/mol. The standard InChI is InChI=1S/C30H33N3O4/c1-4-32(5-2)16-17-33-27(23-12-9-15-31-19-23)26(29(35)30(33)36)28(34)25-14-13-24(18-21(25)3)37-20-22-10-7-6-8-11-22/h6-15,18-19,27,34H,4-5,16-17,20H2,1-3H3/b28-26+/t27-/m0/s1. The van der Waals surface area contributed by atoms with Crippen molar-refractivity contribution in [2.24, 2.45) is 0 Å². The fraction of sp³-hybridized carbons (Fsp3) is 0.300. The molecular weight excluding hydrogens is 466 g/mol. The zero-order valence-electron chi connectivity index (χ0n) is 21.6. The third-order valence-electron chi connectivity index (χ3n) is 6.79. The predicted molar refractivity (Wildman–Crippen MR) is 143 cm³/mol. The smallest absolute Gasteiger partial charge is 0.295 e. The van der Waals surface area contributed by atoms with Gasteiger partial charge in [-0.15, -0.1) is 0 Å². The number of rotatable bonds is 10. The number of Topliss-reactive ketones (excluding diaryl/α,β-unsaturated/α-hetero) is 1. The Hall–Kier alpha value is -3.97. The number of benzene rings is 2. The summed E-state index contributed by atoms with van der Waals surface area (Å²) in [5.74, 6) is -0.830. The number of likely N-dealkylation sites (N-methyl/N-ethyl adjacent to an activating group) is 1. The first kappa shape index (κ1) is 26.1. The predicted octanol–water partition coefficient (Wildman–Crippen LogP) is 4.73. The number of carbonyl (C=O) groups excluding carboxylic acids is 2. The van der Waals surface area contributed by atoms with E-state index in [1.165, 1.54) is 0 Å². The number of nitrogens with zero attached hydrogens (tertiary/aromatic N) is 3. The molecule has 0 saturated carbocycles. The Balaban J connectivity index is 1.67. The molecule has 1 N–H and O–H groups in total. The van der Waals surface area contributed by atoms with E-state index < -0.39 is 17.7 Å². The molecule has 1 saturated heterocycles. The van der Waals surface area contributed by atoms with Crippen LogP contribution in [-0.4, -0.2) is 57.8 Å². The lowest BCUT2D eigenvalue weighted by molar-refractivity contribution is -0.140. The summed E-state index contributed by atoms with van der Waals surface area (Å²) in [4.78, 5) is 34.4. The lowest BCUT2D eigenvalue weighted by Gasteiger charge is -2.28. The van der Waals surface area contributed by atoms with E-state index in [9.17, 15) is 14.7 Å². The third-order valence-corrected chi connectivity index (χ3v) is 6.79. The van der Waals surface area contributed by atoms with Crippen molar-refractivity contribution in [2.75, 3.05) is 26.2 Å². The molecule has 7 nitrogen and oxygen atoms in total. The second-order valence-corrected chi connectivity index (χ2v) is 9.06. The normalized spacial score (nSPS) is 17.0. The van der Waals surface area contributed by atoms with Gasteiger partial charge in [-0.2, -0.15) is 0 Å². The Morgan fingerprint density at radius 3 is 2.46 bits per heavy atom.